The van der Waals surface area contributed by atoms with Crippen molar-refractivity contribution in [2.24, 2.45) is 4.99 Å². The minimum atomic E-state index is -2.28. The number of aliphatic hydroxyl groups excluding tert-OH is 1. The summed E-state index contributed by atoms with van der Waals surface area (Å²) in [5, 5.41) is 16.6. The van der Waals surface area contributed by atoms with Gasteiger partial charge in [0.05, 0.1) is 32.4 Å². The topological polar surface area (TPSA) is 69.1 Å². The fourth-order valence-electron chi connectivity index (χ4n) is 3.10. The summed E-state index contributed by atoms with van der Waals surface area (Å²) in [6.07, 6.45) is -1.39. The highest BCUT2D eigenvalue weighted by Gasteiger charge is 2.22. The van der Waals surface area contributed by atoms with E-state index >= 15 is 0 Å². The van der Waals surface area contributed by atoms with Crippen LogP contribution in [0.1, 0.15) is 25.3 Å². The molecule has 1 saturated heterocycles. The van der Waals surface area contributed by atoms with Gasteiger partial charge in [-0.25, -0.2) is 8.78 Å². The van der Waals surface area contributed by atoms with Gasteiger partial charge >= 0.3 is 0 Å². The van der Waals surface area contributed by atoms with Gasteiger partial charge in [-0.05, 0) is 25.3 Å². The van der Waals surface area contributed by atoms with Gasteiger partial charge in [0, 0.05) is 25.7 Å². The van der Waals surface area contributed by atoms with Crippen molar-refractivity contribution in [3.8, 4) is 0 Å². The zero-order valence-corrected chi connectivity index (χ0v) is 16.5. The Labute approximate surface area is 166 Å². The molecule has 158 valence electrons. The first-order valence-corrected chi connectivity index (χ1v) is 9.92. The van der Waals surface area contributed by atoms with Crippen LogP contribution in [-0.4, -0.2) is 73.9 Å². The maximum absolute atomic E-state index is 12.5. The minimum absolute atomic E-state index is 0.157. The average molecular weight is 398 g/mol. The molecule has 0 radical (unpaired) electrons. The number of nitrogens with one attached hydrogen (secondary N) is 2. The molecule has 8 heteroatoms. The number of halogens is 2. The number of rotatable bonds is 10. The van der Waals surface area contributed by atoms with Crippen LogP contribution in [0.5, 0.6) is 0 Å². The number of likely N-dealkylation sites (tertiary alicyclic amines) is 1. The number of hydrogen-bond acceptors (Lipinski definition) is 4. The van der Waals surface area contributed by atoms with E-state index in [1.54, 1.807) is 4.90 Å². The maximum Gasteiger partial charge on any atom is 0.251 e. The van der Waals surface area contributed by atoms with Crippen molar-refractivity contribution >= 4 is 5.96 Å². The first-order chi connectivity index (χ1) is 13.6. The molecule has 0 saturated carbocycles. The van der Waals surface area contributed by atoms with E-state index in [0.717, 1.165) is 18.4 Å². The minimum Gasteiger partial charge on any atom is -0.389 e. The van der Waals surface area contributed by atoms with Crippen molar-refractivity contribution in [2.75, 3.05) is 39.3 Å². The van der Waals surface area contributed by atoms with Gasteiger partial charge < -0.3 is 20.5 Å². The Morgan fingerprint density at radius 1 is 1.29 bits per heavy atom. The summed E-state index contributed by atoms with van der Waals surface area (Å²) in [5.41, 5.74) is 1.06. The van der Waals surface area contributed by atoms with Crippen LogP contribution in [0.3, 0.4) is 0 Å². The molecule has 0 aliphatic carbocycles. The molecule has 1 aromatic carbocycles. The predicted molar refractivity (Wildman–Crippen MR) is 107 cm³/mol. The molecule has 1 heterocycles. The lowest BCUT2D eigenvalue weighted by Gasteiger charge is -2.32. The third kappa shape index (κ3) is 8.95. The molecule has 28 heavy (non-hydrogen) atoms. The second-order valence-electron chi connectivity index (χ2n) is 6.98. The number of guanidine groups is 1. The van der Waals surface area contributed by atoms with Gasteiger partial charge in [0.15, 0.2) is 5.96 Å². The summed E-state index contributed by atoms with van der Waals surface area (Å²) in [4.78, 5) is 6.22. The molecule has 6 nitrogen and oxygen atoms in total. The van der Waals surface area contributed by atoms with Crippen molar-refractivity contribution < 1.29 is 18.6 Å². The number of aliphatic imine (C=N–C) groups is 1. The van der Waals surface area contributed by atoms with Gasteiger partial charge in [0.25, 0.3) is 6.43 Å². The van der Waals surface area contributed by atoms with Gasteiger partial charge in [-0.3, -0.25) is 9.89 Å². The van der Waals surface area contributed by atoms with Crippen molar-refractivity contribution in [1.82, 2.24) is 15.5 Å². The summed E-state index contributed by atoms with van der Waals surface area (Å²) in [7, 11) is 0. The van der Waals surface area contributed by atoms with Crippen molar-refractivity contribution in [1.29, 1.82) is 0 Å². The Bertz CT molecular complexity index is 567. The Morgan fingerprint density at radius 3 is 2.64 bits per heavy atom. The molecule has 1 aliphatic heterocycles. The first-order valence-electron chi connectivity index (χ1n) is 9.92. The number of hydrogen-bond donors (Lipinski definition) is 3. The predicted octanol–water partition coefficient (Wildman–Crippen LogP) is 1.85. The van der Waals surface area contributed by atoms with E-state index in [4.69, 9.17) is 4.74 Å². The van der Waals surface area contributed by atoms with Gasteiger partial charge in [0.1, 0.15) is 0 Å². The molecule has 1 atom stereocenters. The zero-order valence-electron chi connectivity index (χ0n) is 16.5. The molecule has 0 spiro atoms. The van der Waals surface area contributed by atoms with E-state index in [1.807, 2.05) is 37.3 Å². The number of piperidine rings is 1. The van der Waals surface area contributed by atoms with E-state index < -0.39 is 12.5 Å². The molecular weight excluding hydrogens is 366 g/mol. The highest BCUT2D eigenvalue weighted by molar-refractivity contribution is 5.80. The van der Waals surface area contributed by atoms with Crippen LogP contribution in [0.2, 0.25) is 0 Å². The van der Waals surface area contributed by atoms with Crippen LogP contribution < -0.4 is 10.6 Å². The largest absolute Gasteiger partial charge is 0.389 e. The number of nitrogens with zero attached hydrogens (tertiary/aromatic N) is 2. The van der Waals surface area contributed by atoms with Crippen LogP contribution >= 0.6 is 0 Å². The molecule has 3 N–H and O–H groups in total. The molecular formula is C20H32F2N4O2. The average Bonchev–Trinajstić information content (AvgIpc) is 2.68. The van der Waals surface area contributed by atoms with Gasteiger partial charge in [-0.1, -0.05) is 30.3 Å². The van der Waals surface area contributed by atoms with Crippen LogP contribution in [0.4, 0.5) is 8.78 Å². The summed E-state index contributed by atoms with van der Waals surface area (Å²) >= 11 is 0. The zero-order chi connectivity index (χ0) is 20.2. The summed E-state index contributed by atoms with van der Waals surface area (Å²) in [6, 6.07) is 10.00. The van der Waals surface area contributed by atoms with Crippen LogP contribution in [0, 0.1) is 0 Å². The standard InChI is InChI=1S/C20H32F2N4O2/c1-2-23-20(25-17-8-10-26(11-9-17)13-19(21)22)24-12-18(27)15-28-14-16-6-4-3-5-7-16/h3-7,17-19,27H,2,8-15H2,1H3,(H2,23,24,25). The van der Waals surface area contributed by atoms with Crippen molar-refractivity contribution in [3.63, 3.8) is 0 Å². The normalized spacial score (nSPS) is 17.7. The molecule has 0 aromatic heterocycles. The van der Waals surface area contributed by atoms with Crippen LogP contribution in [-0.2, 0) is 11.3 Å². The number of aliphatic hydroxyl groups is 1. The number of alkyl halides is 2. The second kappa shape index (κ2) is 12.6. The lowest BCUT2D eigenvalue weighted by Crippen LogP contribution is -2.49. The smallest absolute Gasteiger partial charge is 0.251 e. The van der Waals surface area contributed by atoms with E-state index in [2.05, 4.69) is 15.6 Å². The molecule has 1 aliphatic rings. The Morgan fingerprint density at radius 2 is 2.00 bits per heavy atom. The van der Waals surface area contributed by atoms with E-state index in [9.17, 15) is 13.9 Å². The third-order valence-corrected chi connectivity index (χ3v) is 4.55. The molecule has 1 unspecified atom stereocenters. The summed E-state index contributed by atoms with van der Waals surface area (Å²) < 4.78 is 30.5. The molecule has 0 amide bonds. The lowest BCUT2D eigenvalue weighted by atomic mass is 10.1. The van der Waals surface area contributed by atoms with Crippen molar-refractivity contribution in [2.45, 2.75) is 44.9 Å². The first kappa shape index (κ1) is 22.5. The van der Waals surface area contributed by atoms with Gasteiger partial charge in [-0.15, -0.1) is 0 Å². The van der Waals surface area contributed by atoms with Crippen molar-refractivity contribution in [3.05, 3.63) is 35.9 Å². The maximum atomic E-state index is 12.5. The fourth-order valence-corrected chi connectivity index (χ4v) is 3.10. The SMILES string of the molecule is CCNC(=NCC(O)COCc1ccccc1)NC1CCN(CC(F)F)CC1. The van der Waals surface area contributed by atoms with E-state index in [1.165, 1.54) is 0 Å². The van der Waals surface area contributed by atoms with Gasteiger partial charge in [0.2, 0.25) is 0 Å². The lowest BCUT2D eigenvalue weighted by molar-refractivity contribution is 0.0330. The van der Waals surface area contributed by atoms with E-state index in [0.29, 0.717) is 32.2 Å². The Kier molecular flexibility index (Phi) is 10.2. The molecule has 1 fully saturated rings. The summed E-state index contributed by atoms with van der Waals surface area (Å²) in [6.45, 7) is 4.72. The fraction of sp³-hybridized carbons (Fsp3) is 0.650. The Hall–Kier alpha value is -1.77. The highest BCUT2D eigenvalue weighted by atomic mass is 19.3. The van der Waals surface area contributed by atoms with Gasteiger partial charge in [-0.2, -0.15) is 0 Å². The monoisotopic (exact) mass is 398 g/mol. The summed E-state index contributed by atoms with van der Waals surface area (Å²) in [5.74, 6) is 0.636. The number of ether oxygens (including phenoxy) is 1. The molecule has 1 aromatic rings. The quantitative estimate of drug-likeness (QED) is 0.415. The van der Waals surface area contributed by atoms with Crippen LogP contribution in [0.25, 0.3) is 0 Å². The highest BCUT2D eigenvalue weighted by Crippen LogP contribution is 2.11. The number of benzene rings is 1. The molecule has 0 bridgehead atoms. The van der Waals surface area contributed by atoms with Crippen LogP contribution in [0.15, 0.2) is 35.3 Å². The third-order valence-electron chi connectivity index (χ3n) is 4.55. The second-order valence-corrected chi connectivity index (χ2v) is 6.98. The van der Waals surface area contributed by atoms with E-state index in [-0.39, 0.29) is 25.7 Å². The Balaban J connectivity index is 1.70. The molecule has 2 rings (SSSR count).